The molecular weight excluding hydrogens is 1020 g/mol. The maximum atomic E-state index is 13.0. The molecule has 0 amide bonds. The third-order valence-corrected chi connectivity index (χ3v) is 15.3. The lowest BCUT2D eigenvalue weighted by Crippen LogP contribution is -2.30. The molecule has 0 N–H and O–H groups in total. The molecule has 0 aromatic heterocycles. The average Bonchev–Trinajstić information content (AvgIpc) is 3.49. The number of esters is 3. The normalized spacial score (nSPS) is 12.8. The molecule has 0 aliphatic rings. The van der Waals surface area contributed by atoms with E-state index in [-0.39, 0.29) is 31.1 Å². The summed E-state index contributed by atoms with van der Waals surface area (Å²) in [5.74, 6) is -0.906. The first kappa shape index (κ1) is 79.1. The molecule has 83 heavy (non-hydrogen) atoms. The van der Waals surface area contributed by atoms with E-state index < -0.39 is 6.10 Å². The molecule has 0 spiro atoms. The van der Waals surface area contributed by atoms with Crippen LogP contribution >= 0.6 is 0 Å². The van der Waals surface area contributed by atoms with Crippen LogP contribution in [-0.4, -0.2) is 37.2 Å². The second-order valence-corrected chi connectivity index (χ2v) is 23.4. The molecule has 0 bridgehead atoms. The van der Waals surface area contributed by atoms with Gasteiger partial charge >= 0.3 is 17.9 Å². The number of hydrogen-bond donors (Lipinski definition) is 0. The quantitative estimate of drug-likeness (QED) is 0.0261. The highest BCUT2D eigenvalue weighted by Gasteiger charge is 2.19. The Kier molecular flexibility index (Phi) is 67.2. The van der Waals surface area contributed by atoms with Crippen LogP contribution in [0.15, 0.2) is 109 Å². The van der Waals surface area contributed by atoms with Gasteiger partial charge in [0.05, 0.1) is 0 Å². The Balaban J connectivity index is 4.40. The summed E-state index contributed by atoms with van der Waals surface area (Å²) in [5.41, 5.74) is 0. The van der Waals surface area contributed by atoms with Crippen molar-refractivity contribution in [2.75, 3.05) is 13.2 Å². The molecule has 0 saturated carbocycles. The topological polar surface area (TPSA) is 78.9 Å². The van der Waals surface area contributed by atoms with Gasteiger partial charge in [-0.2, -0.15) is 0 Å². The fourth-order valence-corrected chi connectivity index (χ4v) is 9.99. The van der Waals surface area contributed by atoms with Gasteiger partial charge < -0.3 is 14.2 Å². The number of rotatable bonds is 64. The van der Waals surface area contributed by atoms with E-state index >= 15 is 0 Å². The van der Waals surface area contributed by atoms with Crippen LogP contribution in [0.25, 0.3) is 0 Å². The van der Waals surface area contributed by atoms with Gasteiger partial charge in [0.1, 0.15) is 13.2 Å². The van der Waals surface area contributed by atoms with Crippen molar-refractivity contribution in [2.45, 2.75) is 348 Å². The summed E-state index contributed by atoms with van der Waals surface area (Å²) in [7, 11) is 0. The summed E-state index contributed by atoms with van der Waals surface area (Å²) >= 11 is 0. The first-order valence-electron chi connectivity index (χ1n) is 35.4. The van der Waals surface area contributed by atoms with Crippen LogP contribution < -0.4 is 0 Å². The first-order valence-corrected chi connectivity index (χ1v) is 35.4. The van der Waals surface area contributed by atoms with Gasteiger partial charge in [0.25, 0.3) is 0 Å². The van der Waals surface area contributed by atoms with Gasteiger partial charge in [0.15, 0.2) is 6.10 Å². The average molecular weight is 1150 g/mol. The molecule has 0 rings (SSSR count). The second kappa shape index (κ2) is 70.6. The van der Waals surface area contributed by atoms with Crippen LogP contribution in [-0.2, 0) is 28.6 Å². The number of allylic oxidation sites excluding steroid dienone is 18. The zero-order valence-corrected chi connectivity index (χ0v) is 54.7. The second-order valence-electron chi connectivity index (χ2n) is 23.4. The van der Waals surface area contributed by atoms with Crippen molar-refractivity contribution in [3.8, 4) is 0 Å². The van der Waals surface area contributed by atoms with Crippen molar-refractivity contribution in [1.29, 1.82) is 0 Å². The van der Waals surface area contributed by atoms with E-state index in [4.69, 9.17) is 14.2 Å². The van der Waals surface area contributed by atoms with Gasteiger partial charge in [-0.1, -0.05) is 323 Å². The Hall–Kier alpha value is -3.93. The van der Waals surface area contributed by atoms with Crippen molar-refractivity contribution in [3.63, 3.8) is 0 Å². The third-order valence-electron chi connectivity index (χ3n) is 15.3. The summed E-state index contributed by atoms with van der Waals surface area (Å²) in [6.45, 7) is 6.52. The van der Waals surface area contributed by atoms with E-state index in [0.717, 1.165) is 148 Å². The zero-order valence-electron chi connectivity index (χ0n) is 54.7. The number of carbonyl (C=O) groups is 3. The molecule has 1 unspecified atom stereocenters. The molecular formula is C77H132O6. The number of hydrogen-bond acceptors (Lipinski definition) is 6. The molecule has 0 aromatic rings. The Morgan fingerprint density at radius 1 is 0.253 bits per heavy atom. The molecule has 0 heterocycles. The molecule has 0 saturated heterocycles. The van der Waals surface area contributed by atoms with Crippen molar-refractivity contribution in [2.24, 2.45) is 0 Å². The maximum Gasteiger partial charge on any atom is 0.306 e. The van der Waals surface area contributed by atoms with E-state index in [1.54, 1.807) is 0 Å². The molecule has 6 nitrogen and oxygen atoms in total. The minimum absolute atomic E-state index is 0.0899. The standard InChI is InChI=1S/C77H132O6/c1-4-7-10-13-16-19-22-25-28-31-33-35-37-38-39-40-41-43-44-46-49-52-55-58-61-64-67-70-76(79)82-73-74(72-81-75(78)69-66-63-60-57-54-51-48-30-27-24-21-18-15-12-9-6-3)83-77(80)71-68-65-62-59-56-53-50-47-45-42-36-34-32-29-26-23-20-17-14-11-8-5-2/h7,10,16,19,21,24-25,28,30,33,35,38-39,41,43,46,48-49,74H,4-6,8-9,11-15,17-18,20,22-23,26-27,29,31-32,34,36-37,40,42,44-45,47,50-73H2,1-3H3/b10-7-,19-16-,24-21-,28-25-,35-33-,39-38-,43-41-,48-30-,49-46-. The lowest BCUT2D eigenvalue weighted by atomic mass is 10.0. The zero-order chi connectivity index (χ0) is 59.9. The van der Waals surface area contributed by atoms with Crippen LogP contribution in [0.5, 0.6) is 0 Å². The summed E-state index contributed by atoms with van der Waals surface area (Å²) in [6, 6.07) is 0. The van der Waals surface area contributed by atoms with Crippen molar-refractivity contribution >= 4 is 17.9 Å². The van der Waals surface area contributed by atoms with Crippen LogP contribution in [0.3, 0.4) is 0 Å². The van der Waals surface area contributed by atoms with Gasteiger partial charge in [-0.05, 0) is 109 Å². The lowest BCUT2D eigenvalue weighted by molar-refractivity contribution is -0.167. The SMILES string of the molecule is CC/C=C\C/C=C\C/C=C\C/C=C\C/C=C\C/C=C\C/C=C\CCCCCCCC(=O)OCC(COC(=O)CCCCCCC/C=C\C/C=C\CCCCCC)OC(=O)CCCCCCCCCCCCCCCCCCCCCCCC. The molecule has 0 fully saturated rings. The third kappa shape index (κ3) is 68.7. The van der Waals surface area contributed by atoms with Gasteiger partial charge in [-0.3, -0.25) is 14.4 Å². The van der Waals surface area contributed by atoms with Gasteiger partial charge in [0.2, 0.25) is 0 Å². The summed E-state index contributed by atoms with van der Waals surface area (Å²) in [4.78, 5) is 38.5. The van der Waals surface area contributed by atoms with Crippen LogP contribution in [0.1, 0.15) is 342 Å². The summed E-state index contributed by atoms with van der Waals surface area (Å²) in [6.07, 6.45) is 96.8. The van der Waals surface area contributed by atoms with E-state index in [1.165, 1.54) is 154 Å². The predicted molar refractivity (Wildman–Crippen MR) is 362 cm³/mol. The highest BCUT2D eigenvalue weighted by atomic mass is 16.6. The Labute approximate surface area is 514 Å². The molecule has 0 radical (unpaired) electrons. The highest BCUT2D eigenvalue weighted by Crippen LogP contribution is 2.17. The van der Waals surface area contributed by atoms with E-state index in [2.05, 4.69) is 130 Å². The fraction of sp³-hybridized carbons (Fsp3) is 0.727. The Bertz CT molecular complexity index is 1660. The number of unbranched alkanes of at least 4 members (excludes halogenated alkanes) is 35. The molecule has 1 atom stereocenters. The predicted octanol–water partition coefficient (Wildman–Crippen LogP) is 24.6. The smallest absolute Gasteiger partial charge is 0.306 e. The first-order chi connectivity index (χ1) is 41.0. The fourth-order valence-electron chi connectivity index (χ4n) is 9.99. The van der Waals surface area contributed by atoms with Crippen LogP contribution in [0, 0.1) is 0 Å². The van der Waals surface area contributed by atoms with Gasteiger partial charge in [-0.25, -0.2) is 0 Å². The minimum atomic E-state index is -0.795. The van der Waals surface area contributed by atoms with Crippen molar-refractivity contribution < 1.29 is 28.6 Å². The molecule has 0 aliphatic carbocycles. The van der Waals surface area contributed by atoms with E-state index in [9.17, 15) is 14.4 Å². The summed E-state index contributed by atoms with van der Waals surface area (Å²) in [5, 5.41) is 0. The van der Waals surface area contributed by atoms with E-state index in [1.807, 2.05) is 0 Å². The van der Waals surface area contributed by atoms with Gasteiger partial charge in [-0.15, -0.1) is 0 Å². The largest absolute Gasteiger partial charge is 0.462 e. The van der Waals surface area contributed by atoms with Crippen molar-refractivity contribution in [3.05, 3.63) is 109 Å². The maximum absolute atomic E-state index is 13.0. The van der Waals surface area contributed by atoms with Crippen LogP contribution in [0.2, 0.25) is 0 Å². The molecule has 476 valence electrons. The monoisotopic (exact) mass is 1150 g/mol. The van der Waals surface area contributed by atoms with E-state index in [0.29, 0.717) is 19.3 Å². The van der Waals surface area contributed by atoms with Crippen LogP contribution in [0.4, 0.5) is 0 Å². The number of carbonyl (C=O) groups excluding carboxylic acids is 3. The van der Waals surface area contributed by atoms with Gasteiger partial charge in [0, 0.05) is 19.3 Å². The molecule has 0 aromatic carbocycles. The van der Waals surface area contributed by atoms with Crippen molar-refractivity contribution in [1.82, 2.24) is 0 Å². The lowest BCUT2D eigenvalue weighted by Gasteiger charge is -2.18. The Morgan fingerprint density at radius 2 is 0.470 bits per heavy atom. The highest BCUT2D eigenvalue weighted by molar-refractivity contribution is 5.71. The minimum Gasteiger partial charge on any atom is -0.462 e. The molecule has 0 aliphatic heterocycles. The molecule has 6 heteroatoms. The number of ether oxygens (including phenoxy) is 3. The summed E-state index contributed by atoms with van der Waals surface area (Å²) < 4.78 is 17.0. The Morgan fingerprint density at radius 3 is 0.747 bits per heavy atom.